The summed E-state index contributed by atoms with van der Waals surface area (Å²) in [4.78, 5) is 12.1. The van der Waals surface area contributed by atoms with Crippen LogP contribution in [0.3, 0.4) is 0 Å². The minimum atomic E-state index is -0.239. The number of amides is 1. The third-order valence-corrected chi connectivity index (χ3v) is 3.45. The smallest absolute Gasteiger partial charge is 0.231 e. The molecule has 5 nitrogen and oxygen atoms in total. The van der Waals surface area contributed by atoms with Crippen molar-refractivity contribution in [3.05, 3.63) is 6.20 Å². The molecular weight excluding hydrogens is 204 g/mol. The van der Waals surface area contributed by atoms with Crippen LogP contribution >= 0.6 is 0 Å². The largest absolute Gasteiger partial charge is 0.394 e. The van der Waals surface area contributed by atoms with E-state index < -0.39 is 0 Å². The molecule has 0 unspecified atom stereocenters. The second-order valence-electron chi connectivity index (χ2n) is 4.79. The van der Waals surface area contributed by atoms with Crippen molar-refractivity contribution < 1.29 is 4.79 Å². The normalized spacial score (nSPS) is 18.6. The van der Waals surface area contributed by atoms with E-state index in [0.717, 1.165) is 25.7 Å². The zero-order valence-electron chi connectivity index (χ0n) is 9.79. The van der Waals surface area contributed by atoms with Gasteiger partial charge in [0.15, 0.2) is 5.82 Å². The first-order valence-corrected chi connectivity index (χ1v) is 5.62. The number of carbonyl (C=O) groups is 1. The molecule has 1 fully saturated rings. The van der Waals surface area contributed by atoms with Crippen molar-refractivity contribution in [2.45, 2.75) is 32.6 Å². The van der Waals surface area contributed by atoms with E-state index in [4.69, 9.17) is 5.73 Å². The number of anilines is 2. The summed E-state index contributed by atoms with van der Waals surface area (Å²) in [5, 5.41) is 6.87. The molecule has 0 spiro atoms. The van der Waals surface area contributed by atoms with Crippen LogP contribution in [0, 0.1) is 5.41 Å². The molecule has 0 bridgehead atoms. The fourth-order valence-electron chi connectivity index (χ4n) is 2.25. The van der Waals surface area contributed by atoms with Crippen LogP contribution in [0.1, 0.15) is 32.6 Å². The average molecular weight is 222 g/mol. The number of carbonyl (C=O) groups excluding carboxylic acids is 1. The summed E-state index contributed by atoms with van der Waals surface area (Å²) in [5.41, 5.74) is 6.01. The van der Waals surface area contributed by atoms with Crippen molar-refractivity contribution in [2.75, 3.05) is 11.1 Å². The lowest BCUT2D eigenvalue weighted by atomic mass is 9.88. The van der Waals surface area contributed by atoms with Crippen molar-refractivity contribution in [3.8, 4) is 0 Å². The van der Waals surface area contributed by atoms with Gasteiger partial charge in [-0.1, -0.05) is 19.8 Å². The maximum absolute atomic E-state index is 12.1. The maximum atomic E-state index is 12.1. The van der Waals surface area contributed by atoms with Crippen LogP contribution in [0.5, 0.6) is 0 Å². The molecule has 2 rings (SSSR count). The van der Waals surface area contributed by atoms with Gasteiger partial charge in [-0.2, -0.15) is 5.10 Å². The fraction of sp³-hybridized carbons (Fsp3) is 0.636. The van der Waals surface area contributed by atoms with Gasteiger partial charge in [-0.05, 0) is 12.8 Å². The molecule has 1 aliphatic carbocycles. The van der Waals surface area contributed by atoms with E-state index in [1.807, 2.05) is 6.92 Å². The van der Waals surface area contributed by atoms with Crippen LogP contribution in [0.15, 0.2) is 6.20 Å². The molecule has 88 valence electrons. The Morgan fingerprint density at radius 3 is 2.69 bits per heavy atom. The van der Waals surface area contributed by atoms with Gasteiger partial charge in [-0.25, -0.2) is 0 Å². The van der Waals surface area contributed by atoms with Crippen molar-refractivity contribution in [1.82, 2.24) is 9.78 Å². The monoisotopic (exact) mass is 222 g/mol. The number of nitrogens with two attached hydrogens (primary N) is 1. The summed E-state index contributed by atoms with van der Waals surface area (Å²) in [6.07, 6.45) is 5.72. The minimum Gasteiger partial charge on any atom is -0.394 e. The highest BCUT2D eigenvalue weighted by molar-refractivity contribution is 5.96. The fourth-order valence-corrected chi connectivity index (χ4v) is 2.25. The summed E-state index contributed by atoms with van der Waals surface area (Å²) in [7, 11) is 1.77. The number of aryl methyl sites for hydroxylation is 1. The topological polar surface area (TPSA) is 72.9 Å². The van der Waals surface area contributed by atoms with Crippen LogP contribution in [0.2, 0.25) is 0 Å². The van der Waals surface area contributed by atoms with Gasteiger partial charge in [0.2, 0.25) is 5.91 Å². The van der Waals surface area contributed by atoms with Gasteiger partial charge >= 0.3 is 0 Å². The highest BCUT2D eigenvalue weighted by atomic mass is 16.2. The van der Waals surface area contributed by atoms with E-state index >= 15 is 0 Å². The molecule has 0 atom stereocenters. The van der Waals surface area contributed by atoms with Crippen molar-refractivity contribution in [2.24, 2.45) is 12.5 Å². The first-order valence-electron chi connectivity index (χ1n) is 5.62. The Kier molecular flexibility index (Phi) is 2.61. The Morgan fingerprint density at radius 2 is 2.19 bits per heavy atom. The molecule has 1 saturated carbocycles. The van der Waals surface area contributed by atoms with E-state index in [1.54, 1.807) is 17.9 Å². The molecule has 5 heteroatoms. The molecule has 1 amide bonds. The Labute approximate surface area is 95.0 Å². The third kappa shape index (κ3) is 1.77. The molecule has 16 heavy (non-hydrogen) atoms. The molecule has 1 aromatic rings. The highest BCUT2D eigenvalue weighted by Crippen LogP contribution is 2.38. The van der Waals surface area contributed by atoms with Gasteiger partial charge < -0.3 is 11.1 Å². The lowest BCUT2D eigenvalue weighted by Crippen LogP contribution is -2.31. The van der Waals surface area contributed by atoms with Crippen LogP contribution in [0.4, 0.5) is 11.5 Å². The van der Waals surface area contributed by atoms with E-state index in [-0.39, 0.29) is 11.3 Å². The standard InChI is InChI=1S/C11H18N4O/c1-11(5-3-4-6-11)10(16)14-9-8(12)7-13-15(9)2/h7H,3-6,12H2,1-2H3,(H,14,16). The molecule has 1 aliphatic rings. The van der Waals surface area contributed by atoms with E-state index in [1.165, 1.54) is 0 Å². The Hall–Kier alpha value is -1.52. The highest BCUT2D eigenvalue weighted by Gasteiger charge is 2.36. The predicted octanol–water partition coefficient (Wildman–Crippen LogP) is 1.52. The number of nitrogens with zero attached hydrogens (tertiary/aromatic N) is 2. The zero-order valence-corrected chi connectivity index (χ0v) is 9.79. The first-order chi connectivity index (χ1) is 7.53. The summed E-state index contributed by atoms with van der Waals surface area (Å²) < 4.78 is 1.59. The van der Waals surface area contributed by atoms with Gasteiger partial charge in [-0.15, -0.1) is 0 Å². The summed E-state index contributed by atoms with van der Waals surface area (Å²) in [5.74, 6) is 0.651. The van der Waals surface area contributed by atoms with E-state index in [0.29, 0.717) is 11.5 Å². The third-order valence-electron chi connectivity index (χ3n) is 3.45. The number of nitrogens with one attached hydrogen (secondary N) is 1. The van der Waals surface area contributed by atoms with E-state index in [2.05, 4.69) is 10.4 Å². The maximum Gasteiger partial charge on any atom is 0.231 e. The summed E-state index contributed by atoms with van der Waals surface area (Å²) in [6.45, 7) is 2.02. The number of hydrogen-bond donors (Lipinski definition) is 2. The number of nitrogen functional groups attached to an aromatic ring is 1. The molecule has 0 radical (unpaired) electrons. The lowest BCUT2D eigenvalue weighted by Gasteiger charge is -2.22. The average Bonchev–Trinajstić information content (AvgIpc) is 2.80. The first kappa shape index (κ1) is 11.0. The lowest BCUT2D eigenvalue weighted by molar-refractivity contribution is -0.124. The predicted molar refractivity (Wildman–Crippen MR) is 62.8 cm³/mol. The van der Waals surface area contributed by atoms with Crippen LogP contribution in [-0.4, -0.2) is 15.7 Å². The van der Waals surface area contributed by atoms with Gasteiger partial charge in [0.05, 0.1) is 11.9 Å². The Balaban J connectivity index is 2.13. The molecule has 0 aromatic carbocycles. The Morgan fingerprint density at radius 1 is 1.56 bits per heavy atom. The number of rotatable bonds is 2. The van der Waals surface area contributed by atoms with Gasteiger partial charge in [-0.3, -0.25) is 9.48 Å². The molecule has 3 N–H and O–H groups in total. The Bertz CT molecular complexity index is 385. The van der Waals surface area contributed by atoms with Crippen LogP contribution < -0.4 is 11.1 Å². The molecule has 0 saturated heterocycles. The van der Waals surface area contributed by atoms with E-state index in [9.17, 15) is 4.79 Å². The number of hydrogen-bond acceptors (Lipinski definition) is 3. The van der Waals surface area contributed by atoms with Gasteiger partial charge in [0, 0.05) is 12.5 Å². The minimum absolute atomic E-state index is 0.0558. The second-order valence-corrected chi connectivity index (χ2v) is 4.79. The van der Waals surface area contributed by atoms with Gasteiger partial charge in [0.25, 0.3) is 0 Å². The summed E-state index contributed by atoms with van der Waals surface area (Å²) >= 11 is 0. The molecule has 0 aliphatic heterocycles. The van der Waals surface area contributed by atoms with Crippen molar-refractivity contribution in [1.29, 1.82) is 0 Å². The second kappa shape index (κ2) is 3.81. The van der Waals surface area contributed by atoms with Crippen molar-refractivity contribution in [3.63, 3.8) is 0 Å². The van der Waals surface area contributed by atoms with Gasteiger partial charge in [0.1, 0.15) is 0 Å². The van der Waals surface area contributed by atoms with Crippen molar-refractivity contribution >= 4 is 17.4 Å². The molecule has 1 heterocycles. The van der Waals surface area contributed by atoms with Crippen LogP contribution in [-0.2, 0) is 11.8 Å². The zero-order chi connectivity index (χ0) is 11.8. The number of aromatic nitrogens is 2. The SMILES string of the molecule is Cn1ncc(N)c1NC(=O)C1(C)CCCC1. The molecular formula is C11H18N4O. The summed E-state index contributed by atoms with van der Waals surface area (Å²) in [6, 6.07) is 0. The quantitative estimate of drug-likeness (QED) is 0.796. The van der Waals surface area contributed by atoms with Crippen LogP contribution in [0.25, 0.3) is 0 Å². The molecule has 1 aromatic heterocycles.